The van der Waals surface area contributed by atoms with E-state index in [1.54, 1.807) is 24.3 Å². The molecule has 1 aromatic carbocycles. The Morgan fingerprint density at radius 2 is 1.91 bits per heavy atom. The Morgan fingerprint density at radius 1 is 1.26 bits per heavy atom. The van der Waals surface area contributed by atoms with Gasteiger partial charge in [0.05, 0.1) is 18.0 Å². The maximum atomic E-state index is 12.3. The molecule has 0 aromatic heterocycles. The van der Waals surface area contributed by atoms with Gasteiger partial charge in [-0.1, -0.05) is 12.1 Å². The molecule has 0 bridgehead atoms. The van der Waals surface area contributed by atoms with Gasteiger partial charge in [-0.15, -0.1) is 0 Å². The zero-order chi connectivity index (χ0) is 17.5. The van der Waals surface area contributed by atoms with Gasteiger partial charge in [-0.25, -0.2) is 8.42 Å². The number of amides is 2. The number of carbonyl (C=O) groups is 2. The fraction of sp³-hybridized carbons (Fsp3) is 0.467. The highest BCUT2D eigenvalue weighted by Gasteiger charge is 2.22. The van der Waals surface area contributed by atoms with Gasteiger partial charge < -0.3 is 15.4 Å². The first-order chi connectivity index (χ1) is 10.7. The quantitative estimate of drug-likeness (QED) is 0.733. The van der Waals surface area contributed by atoms with Gasteiger partial charge in [-0.3, -0.25) is 9.59 Å². The predicted octanol–water partition coefficient (Wildman–Crippen LogP) is 0.963. The smallest absolute Gasteiger partial charge is 0.247 e. The van der Waals surface area contributed by atoms with Crippen molar-refractivity contribution in [2.75, 3.05) is 23.9 Å². The van der Waals surface area contributed by atoms with Gasteiger partial charge in [0, 0.05) is 13.2 Å². The Morgan fingerprint density at radius 3 is 2.48 bits per heavy atom. The number of hydrogen-bond donors (Lipinski definition) is 2. The Hall–Kier alpha value is -2.09. The molecular formula is C15H22N2O5S. The molecule has 1 rings (SSSR count). The van der Waals surface area contributed by atoms with E-state index in [9.17, 15) is 18.0 Å². The van der Waals surface area contributed by atoms with Crippen LogP contribution in [0.15, 0.2) is 24.3 Å². The van der Waals surface area contributed by atoms with E-state index >= 15 is 0 Å². The molecule has 1 aromatic rings. The monoisotopic (exact) mass is 342 g/mol. The molecule has 0 aliphatic heterocycles. The molecule has 0 aliphatic rings. The SMILES string of the molecule is CCOc1ccccc1NC(=O)[C@@H](CCS(C)(=O)=O)NC(C)=O. The lowest BCUT2D eigenvalue weighted by molar-refractivity contribution is -0.125. The second kappa shape index (κ2) is 8.52. The summed E-state index contributed by atoms with van der Waals surface area (Å²) in [5.74, 6) is -0.584. The van der Waals surface area contributed by atoms with Crippen molar-refractivity contribution in [1.29, 1.82) is 0 Å². The zero-order valence-electron chi connectivity index (χ0n) is 13.5. The van der Waals surface area contributed by atoms with Gasteiger partial charge in [0.1, 0.15) is 21.6 Å². The van der Waals surface area contributed by atoms with E-state index in [0.717, 1.165) is 6.26 Å². The van der Waals surface area contributed by atoms with Crippen LogP contribution in [0, 0.1) is 0 Å². The number of sulfone groups is 1. The van der Waals surface area contributed by atoms with E-state index in [1.807, 2.05) is 6.92 Å². The van der Waals surface area contributed by atoms with Crippen molar-refractivity contribution in [1.82, 2.24) is 5.32 Å². The van der Waals surface area contributed by atoms with Crippen LogP contribution >= 0.6 is 0 Å². The highest BCUT2D eigenvalue weighted by Crippen LogP contribution is 2.23. The number of carbonyl (C=O) groups excluding carboxylic acids is 2. The minimum absolute atomic E-state index is 0.00104. The molecular weight excluding hydrogens is 320 g/mol. The summed E-state index contributed by atoms with van der Waals surface area (Å²) in [6, 6.07) is 5.96. The van der Waals surface area contributed by atoms with Gasteiger partial charge in [-0.05, 0) is 25.5 Å². The second-order valence-corrected chi connectivity index (χ2v) is 7.35. The normalized spacial score (nSPS) is 12.3. The molecule has 2 amide bonds. The molecule has 0 saturated heterocycles. The Kier molecular flexibility index (Phi) is 7.02. The van der Waals surface area contributed by atoms with Crippen molar-refractivity contribution >= 4 is 27.3 Å². The van der Waals surface area contributed by atoms with Crippen molar-refractivity contribution in [3.8, 4) is 5.75 Å². The number of anilines is 1. The summed E-state index contributed by atoms with van der Waals surface area (Å²) in [5, 5.41) is 5.13. The number of para-hydroxylation sites is 2. The summed E-state index contributed by atoms with van der Waals surface area (Å²) in [6.45, 7) is 3.54. The van der Waals surface area contributed by atoms with E-state index in [2.05, 4.69) is 10.6 Å². The topological polar surface area (TPSA) is 102 Å². The summed E-state index contributed by atoms with van der Waals surface area (Å²) in [6.07, 6.45) is 1.08. The van der Waals surface area contributed by atoms with Crippen LogP contribution in [0.4, 0.5) is 5.69 Å². The molecule has 0 heterocycles. The molecule has 0 radical (unpaired) electrons. The van der Waals surface area contributed by atoms with Crippen LogP contribution in [0.2, 0.25) is 0 Å². The summed E-state index contributed by atoms with van der Waals surface area (Å²) in [4.78, 5) is 23.6. The zero-order valence-corrected chi connectivity index (χ0v) is 14.3. The van der Waals surface area contributed by atoms with Gasteiger partial charge in [0.2, 0.25) is 11.8 Å². The average molecular weight is 342 g/mol. The Bertz CT molecular complexity index is 658. The molecule has 1 atom stereocenters. The lowest BCUT2D eigenvalue weighted by atomic mass is 10.2. The molecule has 7 nitrogen and oxygen atoms in total. The second-order valence-electron chi connectivity index (χ2n) is 5.09. The van der Waals surface area contributed by atoms with E-state index in [-0.39, 0.29) is 12.2 Å². The first-order valence-corrected chi connectivity index (χ1v) is 9.26. The summed E-state index contributed by atoms with van der Waals surface area (Å²) < 4.78 is 28.0. The first kappa shape index (κ1) is 19.0. The van der Waals surface area contributed by atoms with Crippen LogP contribution in [0.3, 0.4) is 0 Å². The molecule has 0 fully saturated rings. The lowest BCUT2D eigenvalue weighted by Crippen LogP contribution is -2.44. The summed E-state index contributed by atoms with van der Waals surface area (Å²) >= 11 is 0. The number of benzene rings is 1. The minimum atomic E-state index is -3.23. The molecule has 0 saturated carbocycles. The van der Waals surface area contributed by atoms with Crippen molar-refractivity contribution in [3.05, 3.63) is 24.3 Å². The largest absolute Gasteiger partial charge is 0.492 e. The van der Waals surface area contributed by atoms with E-state index in [1.165, 1.54) is 6.92 Å². The van der Waals surface area contributed by atoms with E-state index < -0.39 is 27.7 Å². The molecule has 23 heavy (non-hydrogen) atoms. The Labute approximate surface area is 136 Å². The molecule has 0 aliphatic carbocycles. The number of ether oxygens (including phenoxy) is 1. The predicted molar refractivity (Wildman–Crippen MR) is 88.2 cm³/mol. The Balaban J connectivity index is 2.86. The maximum Gasteiger partial charge on any atom is 0.247 e. The van der Waals surface area contributed by atoms with Gasteiger partial charge in [0.25, 0.3) is 0 Å². The summed E-state index contributed by atoms with van der Waals surface area (Å²) in [5.41, 5.74) is 0.467. The van der Waals surface area contributed by atoms with Crippen LogP contribution in [0.5, 0.6) is 5.75 Å². The average Bonchev–Trinajstić information content (AvgIpc) is 2.44. The molecule has 128 valence electrons. The van der Waals surface area contributed by atoms with E-state index in [0.29, 0.717) is 18.0 Å². The van der Waals surface area contributed by atoms with Crippen LogP contribution in [0.1, 0.15) is 20.3 Å². The van der Waals surface area contributed by atoms with Crippen molar-refractivity contribution < 1.29 is 22.7 Å². The lowest BCUT2D eigenvalue weighted by Gasteiger charge is -2.18. The third kappa shape index (κ3) is 7.14. The van der Waals surface area contributed by atoms with Gasteiger partial charge in [-0.2, -0.15) is 0 Å². The van der Waals surface area contributed by atoms with Crippen LogP contribution in [-0.2, 0) is 19.4 Å². The molecule has 2 N–H and O–H groups in total. The van der Waals surface area contributed by atoms with Gasteiger partial charge >= 0.3 is 0 Å². The van der Waals surface area contributed by atoms with Crippen molar-refractivity contribution in [2.24, 2.45) is 0 Å². The highest BCUT2D eigenvalue weighted by molar-refractivity contribution is 7.90. The standard InChI is InChI=1S/C15H22N2O5S/c1-4-22-14-8-6-5-7-12(14)17-15(19)13(16-11(2)18)9-10-23(3,20)21/h5-8,13H,4,9-10H2,1-3H3,(H,16,18)(H,17,19)/t13-/m1/s1. The van der Waals surface area contributed by atoms with Crippen LogP contribution in [-0.4, -0.2) is 44.9 Å². The number of rotatable bonds is 8. The van der Waals surface area contributed by atoms with Crippen molar-refractivity contribution in [3.63, 3.8) is 0 Å². The first-order valence-electron chi connectivity index (χ1n) is 7.20. The maximum absolute atomic E-state index is 12.3. The molecule has 8 heteroatoms. The third-order valence-electron chi connectivity index (χ3n) is 2.92. The minimum Gasteiger partial charge on any atom is -0.492 e. The fourth-order valence-corrected chi connectivity index (χ4v) is 2.58. The van der Waals surface area contributed by atoms with Crippen LogP contribution < -0.4 is 15.4 Å². The molecule has 0 spiro atoms. The van der Waals surface area contributed by atoms with E-state index in [4.69, 9.17) is 4.74 Å². The number of nitrogens with one attached hydrogen (secondary N) is 2. The fourth-order valence-electron chi connectivity index (χ4n) is 1.92. The summed E-state index contributed by atoms with van der Waals surface area (Å²) in [7, 11) is -3.23. The van der Waals surface area contributed by atoms with Gasteiger partial charge in [0.15, 0.2) is 0 Å². The third-order valence-corrected chi connectivity index (χ3v) is 3.89. The van der Waals surface area contributed by atoms with Crippen LogP contribution in [0.25, 0.3) is 0 Å². The highest BCUT2D eigenvalue weighted by atomic mass is 32.2. The number of hydrogen-bond acceptors (Lipinski definition) is 5. The van der Waals surface area contributed by atoms with Crippen molar-refractivity contribution in [2.45, 2.75) is 26.3 Å². The molecule has 0 unspecified atom stereocenters.